The number of Topliss-reactive ketones (excluding diaryl/α,β-unsaturated/α-hetero) is 1. The van der Waals surface area contributed by atoms with Crippen LogP contribution in [0.2, 0.25) is 0 Å². The molecule has 0 aromatic heterocycles. The Balaban J connectivity index is 2.23. The highest BCUT2D eigenvalue weighted by Crippen LogP contribution is 2.31. The summed E-state index contributed by atoms with van der Waals surface area (Å²) in [6.45, 7) is 0. The zero-order chi connectivity index (χ0) is 7.68. The molecule has 0 aromatic rings. The molecular weight excluding hydrogens is 136 g/mol. The smallest absolute Gasteiger partial charge is 0.140 e. The molecule has 0 aromatic carbocycles. The van der Waals surface area contributed by atoms with Gasteiger partial charge in [0.25, 0.3) is 0 Å². The Morgan fingerprint density at radius 3 is 2.82 bits per heavy atom. The van der Waals surface area contributed by atoms with Gasteiger partial charge in [0.15, 0.2) is 0 Å². The number of ketones is 1. The lowest BCUT2D eigenvalue weighted by Crippen LogP contribution is -2.26. The minimum atomic E-state index is 0.310. The molecule has 58 valence electrons. The van der Waals surface area contributed by atoms with Crippen molar-refractivity contribution in [2.75, 3.05) is 0 Å². The van der Waals surface area contributed by atoms with Gasteiger partial charge in [0, 0.05) is 12.3 Å². The van der Waals surface area contributed by atoms with Gasteiger partial charge in [-0.2, -0.15) is 0 Å². The topological polar surface area (TPSA) is 17.1 Å². The fraction of sp³-hybridized carbons (Fsp3) is 0.500. The monoisotopic (exact) mass is 148 g/mol. The van der Waals surface area contributed by atoms with Crippen LogP contribution < -0.4 is 0 Å². The van der Waals surface area contributed by atoms with Gasteiger partial charge in [-0.15, -0.1) is 0 Å². The lowest BCUT2D eigenvalue weighted by molar-refractivity contribution is -0.123. The highest BCUT2D eigenvalue weighted by molar-refractivity contribution is 5.84. The number of hydrogen-bond acceptors (Lipinski definition) is 1. The molecule has 2 unspecified atom stereocenters. The van der Waals surface area contributed by atoms with Crippen molar-refractivity contribution in [2.45, 2.75) is 19.3 Å². The van der Waals surface area contributed by atoms with Gasteiger partial charge < -0.3 is 0 Å². The van der Waals surface area contributed by atoms with Gasteiger partial charge in [0.1, 0.15) is 5.78 Å². The summed E-state index contributed by atoms with van der Waals surface area (Å²) in [5.41, 5.74) is 0. The van der Waals surface area contributed by atoms with E-state index in [2.05, 4.69) is 18.2 Å². The Kier molecular flexibility index (Phi) is 1.65. The molecule has 0 N–H and O–H groups in total. The second kappa shape index (κ2) is 2.65. The molecule has 2 aliphatic carbocycles. The molecule has 0 heterocycles. The molecule has 11 heavy (non-hydrogen) atoms. The summed E-state index contributed by atoms with van der Waals surface area (Å²) in [6, 6.07) is 0. The molecule has 0 fully saturated rings. The van der Waals surface area contributed by atoms with Crippen LogP contribution in [0.5, 0.6) is 0 Å². The summed E-state index contributed by atoms with van der Waals surface area (Å²) in [4.78, 5) is 11.3. The SMILES string of the molecule is O=C1CC=CC2CC=CCC12. The van der Waals surface area contributed by atoms with Crippen LogP contribution in [0.15, 0.2) is 24.3 Å². The standard InChI is InChI=1S/C10H12O/c11-10-7-3-5-8-4-1-2-6-9(8)10/h1-3,5,8-9H,4,6-7H2. The van der Waals surface area contributed by atoms with E-state index >= 15 is 0 Å². The van der Waals surface area contributed by atoms with E-state index in [1.54, 1.807) is 0 Å². The Labute approximate surface area is 66.8 Å². The fourth-order valence-corrected chi connectivity index (χ4v) is 1.93. The third kappa shape index (κ3) is 1.15. The quantitative estimate of drug-likeness (QED) is 0.481. The average molecular weight is 148 g/mol. The van der Waals surface area contributed by atoms with Crippen molar-refractivity contribution in [1.29, 1.82) is 0 Å². The lowest BCUT2D eigenvalue weighted by Gasteiger charge is -2.27. The lowest BCUT2D eigenvalue weighted by atomic mass is 9.76. The van der Waals surface area contributed by atoms with E-state index in [0.717, 1.165) is 12.8 Å². The predicted molar refractivity (Wildman–Crippen MR) is 44.1 cm³/mol. The number of fused-ring (bicyclic) bond motifs is 1. The highest BCUT2D eigenvalue weighted by Gasteiger charge is 2.28. The molecule has 2 atom stereocenters. The number of allylic oxidation sites excluding steroid dienone is 4. The number of carbonyl (C=O) groups is 1. The van der Waals surface area contributed by atoms with Crippen LogP contribution in [-0.4, -0.2) is 5.78 Å². The molecule has 0 spiro atoms. The summed E-state index contributed by atoms with van der Waals surface area (Å²) >= 11 is 0. The largest absolute Gasteiger partial charge is 0.299 e. The van der Waals surface area contributed by atoms with Gasteiger partial charge in [0.2, 0.25) is 0 Å². The zero-order valence-corrected chi connectivity index (χ0v) is 6.49. The van der Waals surface area contributed by atoms with E-state index in [0.29, 0.717) is 24.0 Å². The van der Waals surface area contributed by atoms with Gasteiger partial charge in [-0.25, -0.2) is 0 Å². The molecular formula is C10H12O. The summed E-state index contributed by atoms with van der Waals surface area (Å²) < 4.78 is 0. The molecule has 0 bridgehead atoms. The number of hydrogen-bond donors (Lipinski definition) is 0. The van der Waals surface area contributed by atoms with E-state index in [1.807, 2.05) is 6.08 Å². The maximum atomic E-state index is 11.3. The molecule has 0 saturated carbocycles. The second-order valence-corrected chi connectivity index (χ2v) is 3.31. The van der Waals surface area contributed by atoms with Crippen LogP contribution in [0, 0.1) is 11.8 Å². The van der Waals surface area contributed by atoms with Gasteiger partial charge >= 0.3 is 0 Å². The van der Waals surface area contributed by atoms with Crippen LogP contribution in [0.3, 0.4) is 0 Å². The second-order valence-electron chi connectivity index (χ2n) is 3.31. The maximum Gasteiger partial charge on any atom is 0.140 e. The molecule has 1 heteroatoms. The van der Waals surface area contributed by atoms with Crippen molar-refractivity contribution in [2.24, 2.45) is 11.8 Å². The zero-order valence-electron chi connectivity index (χ0n) is 6.49. The minimum Gasteiger partial charge on any atom is -0.299 e. The third-order valence-electron chi connectivity index (χ3n) is 2.60. The Bertz CT molecular complexity index is 225. The van der Waals surface area contributed by atoms with Crippen molar-refractivity contribution in [3.63, 3.8) is 0 Å². The number of rotatable bonds is 0. The van der Waals surface area contributed by atoms with Crippen LogP contribution >= 0.6 is 0 Å². The van der Waals surface area contributed by atoms with E-state index in [4.69, 9.17) is 0 Å². The third-order valence-corrected chi connectivity index (χ3v) is 2.60. The Morgan fingerprint density at radius 2 is 2.00 bits per heavy atom. The van der Waals surface area contributed by atoms with Gasteiger partial charge in [-0.3, -0.25) is 4.79 Å². The van der Waals surface area contributed by atoms with Crippen LogP contribution in [-0.2, 0) is 4.79 Å². The van der Waals surface area contributed by atoms with E-state index in [1.165, 1.54) is 0 Å². The first-order valence-electron chi connectivity index (χ1n) is 4.22. The van der Waals surface area contributed by atoms with E-state index in [9.17, 15) is 4.79 Å². The van der Waals surface area contributed by atoms with Gasteiger partial charge in [-0.05, 0) is 18.8 Å². The van der Waals surface area contributed by atoms with Crippen molar-refractivity contribution < 1.29 is 4.79 Å². The summed E-state index contributed by atoms with van der Waals surface area (Å²) in [5, 5.41) is 0. The first-order chi connectivity index (χ1) is 5.38. The summed E-state index contributed by atoms with van der Waals surface area (Å²) in [7, 11) is 0. The fourth-order valence-electron chi connectivity index (χ4n) is 1.93. The molecule has 0 radical (unpaired) electrons. The van der Waals surface area contributed by atoms with E-state index < -0.39 is 0 Å². The van der Waals surface area contributed by atoms with Gasteiger partial charge in [-0.1, -0.05) is 24.3 Å². The van der Waals surface area contributed by atoms with Crippen molar-refractivity contribution >= 4 is 5.78 Å². The normalized spacial score (nSPS) is 35.5. The van der Waals surface area contributed by atoms with Crippen LogP contribution in [0.1, 0.15) is 19.3 Å². The van der Waals surface area contributed by atoms with Gasteiger partial charge in [0.05, 0.1) is 0 Å². The van der Waals surface area contributed by atoms with Crippen LogP contribution in [0.4, 0.5) is 0 Å². The van der Waals surface area contributed by atoms with E-state index in [-0.39, 0.29) is 0 Å². The predicted octanol–water partition coefficient (Wildman–Crippen LogP) is 2.10. The summed E-state index contributed by atoms with van der Waals surface area (Å²) in [5.74, 6) is 1.26. The molecule has 0 saturated heterocycles. The van der Waals surface area contributed by atoms with Crippen LogP contribution in [0.25, 0.3) is 0 Å². The van der Waals surface area contributed by atoms with Crippen molar-refractivity contribution in [3.8, 4) is 0 Å². The number of carbonyl (C=O) groups excluding carboxylic acids is 1. The molecule has 0 amide bonds. The Morgan fingerprint density at radius 1 is 1.18 bits per heavy atom. The first kappa shape index (κ1) is 6.84. The Hall–Kier alpha value is -0.850. The molecule has 2 aliphatic rings. The summed E-state index contributed by atoms with van der Waals surface area (Å²) in [6.07, 6.45) is 11.2. The molecule has 1 nitrogen and oxygen atoms in total. The molecule has 2 rings (SSSR count). The minimum absolute atomic E-state index is 0.310. The first-order valence-corrected chi connectivity index (χ1v) is 4.22. The molecule has 0 aliphatic heterocycles. The highest BCUT2D eigenvalue weighted by atomic mass is 16.1. The van der Waals surface area contributed by atoms with Crippen molar-refractivity contribution in [3.05, 3.63) is 24.3 Å². The maximum absolute atomic E-state index is 11.3. The van der Waals surface area contributed by atoms with Crippen molar-refractivity contribution in [1.82, 2.24) is 0 Å². The average Bonchev–Trinajstić information content (AvgIpc) is 2.06.